The lowest BCUT2D eigenvalue weighted by Gasteiger charge is -2.39. The molecule has 2 aromatic carbocycles. The second-order valence-electron chi connectivity index (χ2n) is 9.82. The van der Waals surface area contributed by atoms with Gasteiger partial charge in [0.1, 0.15) is 18.1 Å². The Labute approximate surface area is 224 Å². The highest BCUT2D eigenvalue weighted by Crippen LogP contribution is 2.40. The zero-order chi connectivity index (χ0) is 28.2. The first-order valence-electron chi connectivity index (χ1n) is 12.7. The molecule has 1 aromatic heterocycles. The number of aromatic nitrogens is 1. The summed E-state index contributed by atoms with van der Waals surface area (Å²) in [6.07, 6.45) is 1.91. The normalized spacial score (nSPS) is 16.3. The van der Waals surface area contributed by atoms with Crippen molar-refractivity contribution in [3.05, 3.63) is 65.1 Å². The zero-order valence-corrected chi connectivity index (χ0v) is 21.6. The van der Waals surface area contributed by atoms with Crippen molar-refractivity contribution in [2.45, 2.75) is 38.3 Å². The van der Waals surface area contributed by atoms with Crippen LogP contribution in [0.4, 0.5) is 13.2 Å². The molecule has 0 saturated carbocycles. The second kappa shape index (κ2) is 12.2. The van der Waals surface area contributed by atoms with E-state index in [1.165, 1.54) is 0 Å². The minimum atomic E-state index is -1.55. The Morgan fingerprint density at radius 2 is 1.85 bits per heavy atom. The highest BCUT2D eigenvalue weighted by atomic mass is 19.2. The van der Waals surface area contributed by atoms with Crippen LogP contribution in [0.15, 0.2) is 36.5 Å². The molecule has 210 valence electrons. The van der Waals surface area contributed by atoms with Crippen LogP contribution in [0.5, 0.6) is 11.5 Å². The minimum absolute atomic E-state index is 0.101. The number of halogens is 3. The molecule has 4 N–H and O–H groups in total. The lowest BCUT2D eigenvalue weighted by molar-refractivity contribution is -0.153. The number of likely N-dealkylation sites (tertiary alicyclic amines) is 1. The van der Waals surface area contributed by atoms with Crippen molar-refractivity contribution in [2.75, 3.05) is 33.4 Å². The van der Waals surface area contributed by atoms with Gasteiger partial charge < -0.3 is 25.4 Å². The van der Waals surface area contributed by atoms with E-state index in [0.717, 1.165) is 12.1 Å². The fraction of sp³-hybridized carbons (Fsp3) is 0.429. The molecule has 0 radical (unpaired) electrons. The maximum atomic E-state index is 13.4. The molecular formula is C28H32F3N3O5. The second-order valence-corrected chi connectivity index (χ2v) is 9.82. The summed E-state index contributed by atoms with van der Waals surface area (Å²) in [7, 11) is 1.55. The van der Waals surface area contributed by atoms with Crippen LogP contribution in [0.1, 0.15) is 42.9 Å². The first-order valence-corrected chi connectivity index (χ1v) is 12.7. The summed E-state index contributed by atoms with van der Waals surface area (Å²) >= 11 is 0. The Hall–Kier alpha value is -3.41. The molecule has 1 fully saturated rings. The topological polar surface area (TPSA) is 118 Å². The molecule has 39 heavy (non-hydrogen) atoms. The summed E-state index contributed by atoms with van der Waals surface area (Å²) in [5.41, 5.74) is 6.91. The fourth-order valence-corrected chi connectivity index (χ4v) is 5.16. The van der Waals surface area contributed by atoms with Gasteiger partial charge in [-0.05, 0) is 68.1 Å². The van der Waals surface area contributed by atoms with Crippen molar-refractivity contribution < 1.29 is 37.7 Å². The SMILES string of the molecule is COc1ccc2ncc(CN)c([C@@H](O)CCC3(C(=O)O)CCN(CCOc4cc(F)c(F)c(F)c4)CC3)c2c1. The molecule has 3 aromatic rings. The summed E-state index contributed by atoms with van der Waals surface area (Å²) in [5, 5.41) is 22.1. The van der Waals surface area contributed by atoms with Crippen molar-refractivity contribution in [2.24, 2.45) is 11.1 Å². The van der Waals surface area contributed by atoms with Crippen LogP contribution in [0.25, 0.3) is 10.9 Å². The third-order valence-corrected chi connectivity index (χ3v) is 7.55. The Morgan fingerprint density at radius 3 is 2.46 bits per heavy atom. The third kappa shape index (κ3) is 6.26. The van der Waals surface area contributed by atoms with Gasteiger partial charge in [-0.1, -0.05) is 0 Å². The Balaban J connectivity index is 1.38. The number of aliphatic carboxylic acids is 1. The number of nitrogens with zero attached hydrogens (tertiary/aromatic N) is 2. The summed E-state index contributed by atoms with van der Waals surface area (Å²) in [5.74, 6) is -4.62. The number of pyridine rings is 1. The average Bonchev–Trinajstić information content (AvgIpc) is 2.94. The predicted molar refractivity (Wildman–Crippen MR) is 138 cm³/mol. The molecule has 8 nitrogen and oxygen atoms in total. The van der Waals surface area contributed by atoms with E-state index in [2.05, 4.69) is 4.98 Å². The van der Waals surface area contributed by atoms with Crippen LogP contribution in [0.3, 0.4) is 0 Å². The number of hydrogen-bond acceptors (Lipinski definition) is 7. The number of piperidine rings is 1. The van der Waals surface area contributed by atoms with Crippen molar-refractivity contribution in [1.82, 2.24) is 9.88 Å². The number of carbonyl (C=O) groups is 1. The molecule has 1 aliphatic rings. The summed E-state index contributed by atoms with van der Waals surface area (Å²) in [6, 6.07) is 6.94. The van der Waals surface area contributed by atoms with Crippen molar-refractivity contribution in [3.63, 3.8) is 0 Å². The summed E-state index contributed by atoms with van der Waals surface area (Å²) in [6.45, 7) is 1.63. The fourth-order valence-electron chi connectivity index (χ4n) is 5.16. The van der Waals surface area contributed by atoms with E-state index in [9.17, 15) is 28.2 Å². The van der Waals surface area contributed by atoms with Crippen LogP contribution >= 0.6 is 0 Å². The maximum absolute atomic E-state index is 13.4. The number of nitrogens with two attached hydrogens (primary N) is 1. The lowest BCUT2D eigenvalue weighted by Crippen LogP contribution is -2.45. The number of hydrogen-bond donors (Lipinski definition) is 3. The van der Waals surface area contributed by atoms with Gasteiger partial charge in [0.15, 0.2) is 17.5 Å². The molecule has 0 amide bonds. The van der Waals surface area contributed by atoms with Gasteiger partial charge in [-0.2, -0.15) is 0 Å². The average molecular weight is 548 g/mol. The zero-order valence-electron chi connectivity index (χ0n) is 21.6. The number of aliphatic hydroxyl groups excluding tert-OH is 1. The smallest absolute Gasteiger partial charge is 0.309 e. The Morgan fingerprint density at radius 1 is 1.15 bits per heavy atom. The molecule has 0 aliphatic carbocycles. The minimum Gasteiger partial charge on any atom is -0.497 e. The molecular weight excluding hydrogens is 515 g/mol. The molecule has 1 aliphatic heterocycles. The molecule has 0 bridgehead atoms. The third-order valence-electron chi connectivity index (χ3n) is 7.55. The van der Waals surface area contributed by atoms with Crippen LogP contribution in [0, 0.1) is 22.9 Å². The van der Waals surface area contributed by atoms with Gasteiger partial charge in [-0.3, -0.25) is 14.7 Å². The summed E-state index contributed by atoms with van der Waals surface area (Å²) in [4.78, 5) is 18.8. The molecule has 11 heteroatoms. The largest absolute Gasteiger partial charge is 0.497 e. The standard InChI is InChI=1S/C28H32F3N3O5/c1-38-18-2-3-23-20(12-18)25(17(15-32)16-33-23)24(35)4-5-28(27(36)37)6-8-34(9-7-28)10-11-39-19-13-21(29)26(31)22(30)14-19/h2-3,12-14,16,24,35H,4-11,15,32H2,1H3,(H,36,37)/t24-/m0/s1. The first kappa shape index (κ1) is 28.6. The van der Waals surface area contributed by atoms with E-state index in [1.807, 2.05) is 4.90 Å². The predicted octanol–water partition coefficient (Wildman–Crippen LogP) is 4.18. The van der Waals surface area contributed by atoms with Crippen molar-refractivity contribution in [3.8, 4) is 11.5 Å². The van der Waals surface area contributed by atoms with Crippen LogP contribution in [0.2, 0.25) is 0 Å². The molecule has 0 spiro atoms. The lowest BCUT2D eigenvalue weighted by atomic mass is 9.74. The van der Waals surface area contributed by atoms with Gasteiger partial charge >= 0.3 is 5.97 Å². The van der Waals surface area contributed by atoms with E-state index in [4.69, 9.17) is 15.2 Å². The van der Waals surface area contributed by atoms with E-state index < -0.39 is 34.9 Å². The van der Waals surface area contributed by atoms with E-state index >= 15 is 0 Å². The highest BCUT2D eigenvalue weighted by molar-refractivity contribution is 5.85. The van der Waals surface area contributed by atoms with Gasteiger partial charge in [0, 0.05) is 36.8 Å². The Bertz CT molecular complexity index is 1300. The molecule has 1 atom stereocenters. The quantitative estimate of drug-likeness (QED) is 0.306. The number of benzene rings is 2. The van der Waals surface area contributed by atoms with Crippen LogP contribution < -0.4 is 15.2 Å². The summed E-state index contributed by atoms with van der Waals surface area (Å²) < 4.78 is 50.6. The highest BCUT2D eigenvalue weighted by Gasteiger charge is 2.41. The first-order chi connectivity index (χ1) is 18.7. The monoisotopic (exact) mass is 547 g/mol. The number of fused-ring (bicyclic) bond motifs is 1. The van der Waals surface area contributed by atoms with Gasteiger partial charge in [0.25, 0.3) is 0 Å². The maximum Gasteiger partial charge on any atom is 0.309 e. The molecule has 2 heterocycles. The van der Waals surface area contributed by atoms with Gasteiger partial charge in [-0.15, -0.1) is 0 Å². The molecule has 4 rings (SSSR count). The van der Waals surface area contributed by atoms with Crippen LogP contribution in [-0.2, 0) is 11.3 Å². The number of ether oxygens (including phenoxy) is 2. The number of methoxy groups -OCH3 is 1. The van der Waals surface area contributed by atoms with Gasteiger partial charge in [0.2, 0.25) is 0 Å². The number of aliphatic hydroxyl groups is 1. The number of carboxylic acid groups (broad SMARTS) is 1. The molecule has 0 unspecified atom stereocenters. The van der Waals surface area contributed by atoms with Gasteiger partial charge in [-0.25, -0.2) is 13.2 Å². The van der Waals surface area contributed by atoms with E-state index in [1.54, 1.807) is 31.5 Å². The van der Waals surface area contributed by atoms with Crippen LogP contribution in [-0.4, -0.2) is 59.4 Å². The number of rotatable bonds is 11. The Kier molecular flexibility index (Phi) is 8.94. The molecule has 1 saturated heterocycles. The van der Waals surface area contributed by atoms with E-state index in [-0.39, 0.29) is 31.7 Å². The van der Waals surface area contributed by atoms with Gasteiger partial charge in [0.05, 0.1) is 24.1 Å². The number of carboxylic acids is 1. The van der Waals surface area contributed by atoms with E-state index in [0.29, 0.717) is 60.3 Å². The van der Waals surface area contributed by atoms with Crippen molar-refractivity contribution in [1.29, 1.82) is 0 Å². The van der Waals surface area contributed by atoms with Crippen molar-refractivity contribution >= 4 is 16.9 Å².